The molecule has 0 aliphatic rings. The van der Waals surface area contributed by atoms with Crippen molar-refractivity contribution in [1.82, 2.24) is 0 Å². The Labute approximate surface area is 119 Å². The van der Waals surface area contributed by atoms with Crippen molar-refractivity contribution in [3.8, 4) is 11.5 Å². The number of nitrogens with two attached hydrogens (primary N) is 2. The molecular weight excluding hydrogens is 252 g/mol. The molecule has 20 heavy (non-hydrogen) atoms. The molecule has 0 aliphatic heterocycles. The number of benzene rings is 2. The fourth-order valence-electron chi connectivity index (χ4n) is 2.12. The zero-order valence-corrected chi connectivity index (χ0v) is 11.8. The fraction of sp³-hybridized carbons (Fsp3) is 0.250. The Morgan fingerprint density at radius 1 is 0.750 bits per heavy atom. The average molecular weight is 272 g/mol. The van der Waals surface area contributed by atoms with E-state index in [1.807, 2.05) is 36.4 Å². The SMILES string of the molecule is COc1ccc(N)c(CCc2cc(OC)ccc2N)c1. The first kappa shape index (κ1) is 14.1. The minimum atomic E-state index is 0.771. The van der Waals surface area contributed by atoms with Crippen LogP contribution in [0, 0.1) is 0 Å². The summed E-state index contributed by atoms with van der Waals surface area (Å²) in [4.78, 5) is 0. The minimum absolute atomic E-state index is 0.771. The molecule has 2 aromatic rings. The van der Waals surface area contributed by atoms with Crippen molar-refractivity contribution in [2.45, 2.75) is 12.8 Å². The van der Waals surface area contributed by atoms with Crippen LogP contribution in [-0.4, -0.2) is 14.2 Å². The average Bonchev–Trinajstić information content (AvgIpc) is 2.48. The number of anilines is 2. The van der Waals surface area contributed by atoms with Gasteiger partial charge < -0.3 is 20.9 Å². The van der Waals surface area contributed by atoms with E-state index in [4.69, 9.17) is 20.9 Å². The maximum atomic E-state index is 5.99. The van der Waals surface area contributed by atoms with Crippen molar-refractivity contribution in [2.24, 2.45) is 0 Å². The van der Waals surface area contributed by atoms with Gasteiger partial charge >= 0.3 is 0 Å². The van der Waals surface area contributed by atoms with Gasteiger partial charge in [-0.3, -0.25) is 0 Å². The summed E-state index contributed by atoms with van der Waals surface area (Å²) in [5.74, 6) is 1.63. The molecule has 0 bridgehead atoms. The third-order valence-electron chi connectivity index (χ3n) is 3.36. The Bertz CT molecular complexity index is 544. The molecule has 0 amide bonds. The summed E-state index contributed by atoms with van der Waals surface area (Å²) in [6.07, 6.45) is 1.61. The number of aryl methyl sites for hydroxylation is 2. The lowest BCUT2D eigenvalue weighted by Gasteiger charge is -2.11. The minimum Gasteiger partial charge on any atom is -0.497 e. The zero-order chi connectivity index (χ0) is 14.5. The first-order valence-corrected chi connectivity index (χ1v) is 6.49. The predicted octanol–water partition coefficient (Wildman–Crippen LogP) is 2.65. The lowest BCUT2D eigenvalue weighted by molar-refractivity contribution is 0.414. The van der Waals surface area contributed by atoms with E-state index < -0.39 is 0 Å². The molecule has 0 unspecified atom stereocenters. The largest absolute Gasteiger partial charge is 0.497 e. The summed E-state index contributed by atoms with van der Waals surface area (Å²) >= 11 is 0. The second-order valence-electron chi connectivity index (χ2n) is 4.63. The quantitative estimate of drug-likeness (QED) is 0.821. The highest BCUT2D eigenvalue weighted by Gasteiger charge is 2.06. The molecule has 0 saturated heterocycles. The highest BCUT2D eigenvalue weighted by atomic mass is 16.5. The zero-order valence-electron chi connectivity index (χ0n) is 11.8. The standard InChI is InChI=1S/C16H20N2O2/c1-19-13-5-7-15(17)11(9-13)3-4-12-10-14(20-2)6-8-16(12)18/h5-10H,3-4,17-18H2,1-2H3. The molecule has 0 fully saturated rings. The summed E-state index contributed by atoms with van der Waals surface area (Å²) in [7, 11) is 3.30. The first-order chi connectivity index (χ1) is 9.63. The topological polar surface area (TPSA) is 70.5 Å². The number of hydrogen-bond donors (Lipinski definition) is 2. The van der Waals surface area contributed by atoms with E-state index >= 15 is 0 Å². The second-order valence-corrected chi connectivity index (χ2v) is 4.63. The van der Waals surface area contributed by atoms with Crippen molar-refractivity contribution < 1.29 is 9.47 Å². The van der Waals surface area contributed by atoms with Gasteiger partial charge in [-0.05, 0) is 60.4 Å². The molecule has 0 heterocycles. The molecule has 0 spiro atoms. The number of ether oxygens (including phenoxy) is 2. The van der Waals surface area contributed by atoms with Gasteiger partial charge in [0.25, 0.3) is 0 Å². The predicted molar refractivity (Wildman–Crippen MR) is 82.2 cm³/mol. The van der Waals surface area contributed by atoms with Gasteiger partial charge in [0, 0.05) is 11.4 Å². The lowest BCUT2D eigenvalue weighted by atomic mass is 10.0. The van der Waals surface area contributed by atoms with Crippen LogP contribution in [0.5, 0.6) is 11.5 Å². The molecule has 4 N–H and O–H groups in total. The number of rotatable bonds is 5. The van der Waals surface area contributed by atoms with Crippen molar-refractivity contribution >= 4 is 11.4 Å². The Kier molecular flexibility index (Phi) is 4.35. The third-order valence-corrected chi connectivity index (χ3v) is 3.36. The molecule has 2 rings (SSSR count). The van der Waals surface area contributed by atoms with Crippen LogP contribution in [0.25, 0.3) is 0 Å². The van der Waals surface area contributed by atoms with Gasteiger partial charge in [0.05, 0.1) is 14.2 Å². The smallest absolute Gasteiger partial charge is 0.119 e. The van der Waals surface area contributed by atoms with Crippen molar-refractivity contribution in [1.29, 1.82) is 0 Å². The highest BCUT2D eigenvalue weighted by molar-refractivity contribution is 5.53. The van der Waals surface area contributed by atoms with Crippen LogP contribution in [0.1, 0.15) is 11.1 Å². The summed E-state index contributed by atoms with van der Waals surface area (Å²) in [6.45, 7) is 0. The number of hydrogen-bond acceptors (Lipinski definition) is 4. The lowest BCUT2D eigenvalue weighted by Crippen LogP contribution is -2.01. The van der Waals surface area contributed by atoms with Crippen molar-refractivity contribution in [2.75, 3.05) is 25.7 Å². The Morgan fingerprint density at radius 3 is 1.50 bits per heavy atom. The van der Waals surface area contributed by atoms with E-state index in [0.717, 1.165) is 46.8 Å². The maximum Gasteiger partial charge on any atom is 0.119 e. The molecule has 0 atom stereocenters. The summed E-state index contributed by atoms with van der Waals surface area (Å²) in [5.41, 5.74) is 15.6. The van der Waals surface area contributed by atoms with E-state index in [1.54, 1.807) is 14.2 Å². The van der Waals surface area contributed by atoms with Crippen LogP contribution >= 0.6 is 0 Å². The van der Waals surface area contributed by atoms with E-state index in [9.17, 15) is 0 Å². The van der Waals surface area contributed by atoms with Crippen LogP contribution in [0.2, 0.25) is 0 Å². The van der Waals surface area contributed by atoms with Crippen LogP contribution in [0.4, 0.5) is 11.4 Å². The van der Waals surface area contributed by atoms with E-state index in [0.29, 0.717) is 0 Å². The molecular formula is C16H20N2O2. The molecule has 0 aromatic heterocycles. The fourth-order valence-corrected chi connectivity index (χ4v) is 2.12. The molecule has 2 aromatic carbocycles. The number of methoxy groups -OCH3 is 2. The van der Waals surface area contributed by atoms with Crippen LogP contribution in [-0.2, 0) is 12.8 Å². The maximum absolute atomic E-state index is 5.99. The Hall–Kier alpha value is -2.36. The first-order valence-electron chi connectivity index (χ1n) is 6.49. The van der Waals surface area contributed by atoms with E-state index in [-0.39, 0.29) is 0 Å². The molecule has 106 valence electrons. The van der Waals surface area contributed by atoms with Gasteiger partial charge in [-0.1, -0.05) is 0 Å². The van der Waals surface area contributed by atoms with E-state index in [1.165, 1.54) is 0 Å². The normalized spacial score (nSPS) is 10.3. The molecule has 4 heteroatoms. The van der Waals surface area contributed by atoms with Crippen molar-refractivity contribution in [3.63, 3.8) is 0 Å². The molecule has 4 nitrogen and oxygen atoms in total. The summed E-state index contributed by atoms with van der Waals surface area (Å²) in [5, 5.41) is 0. The van der Waals surface area contributed by atoms with Crippen LogP contribution in [0.15, 0.2) is 36.4 Å². The van der Waals surface area contributed by atoms with Gasteiger partial charge in [0.1, 0.15) is 11.5 Å². The van der Waals surface area contributed by atoms with Crippen LogP contribution < -0.4 is 20.9 Å². The van der Waals surface area contributed by atoms with Gasteiger partial charge in [-0.2, -0.15) is 0 Å². The highest BCUT2D eigenvalue weighted by Crippen LogP contribution is 2.24. The van der Waals surface area contributed by atoms with E-state index in [2.05, 4.69) is 0 Å². The van der Waals surface area contributed by atoms with Gasteiger partial charge in [-0.25, -0.2) is 0 Å². The monoisotopic (exact) mass is 272 g/mol. The second kappa shape index (κ2) is 6.19. The molecule has 0 saturated carbocycles. The molecule has 0 aliphatic carbocycles. The van der Waals surface area contributed by atoms with Gasteiger partial charge in [0.15, 0.2) is 0 Å². The Morgan fingerprint density at radius 2 is 1.15 bits per heavy atom. The number of nitrogen functional groups attached to an aromatic ring is 2. The van der Waals surface area contributed by atoms with Gasteiger partial charge in [-0.15, -0.1) is 0 Å². The molecule has 0 radical (unpaired) electrons. The summed E-state index contributed by atoms with van der Waals surface area (Å²) in [6, 6.07) is 11.4. The third kappa shape index (κ3) is 3.15. The van der Waals surface area contributed by atoms with Gasteiger partial charge in [0.2, 0.25) is 0 Å². The van der Waals surface area contributed by atoms with Crippen molar-refractivity contribution in [3.05, 3.63) is 47.5 Å². The Balaban J connectivity index is 2.16. The van der Waals surface area contributed by atoms with Crippen LogP contribution in [0.3, 0.4) is 0 Å². The summed E-state index contributed by atoms with van der Waals surface area (Å²) < 4.78 is 10.4.